The van der Waals surface area contributed by atoms with E-state index in [0.717, 1.165) is 6.54 Å². The van der Waals surface area contributed by atoms with Gasteiger partial charge in [0.05, 0.1) is 0 Å². The molecule has 2 unspecified atom stereocenters. The molecule has 0 spiro atoms. The van der Waals surface area contributed by atoms with Gasteiger partial charge in [0.25, 0.3) is 0 Å². The van der Waals surface area contributed by atoms with Gasteiger partial charge < -0.3 is 5.73 Å². The molecule has 0 amide bonds. The van der Waals surface area contributed by atoms with Crippen LogP contribution in [0.2, 0.25) is 0 Å². The lowest BCUT2D eigenvalue weighted by atomic mass is 9.87. The molecule has 88 valence electrons. The molecule has 0 radical (unpaired) electrons. The van der Waals surface area contributed by atoms with Crippen LogP contribution in [0.3, 0.4) is 0 Å². The Morgan fingerprint density at radius 2 is 2.07 bits per heavy atom. The van der Waals surface area contributed by atoms with E-state index < -0.39 is 0 Å². The largest absolute Gasteiger partial charge is 0.329 e. The SMILES string of the molecule is CC1SCCCC1(CN)N1CCSCC1. The molecular formula is C11H22N2S2. The summed E-state index contributed by atoms with van der Waals surface area (Å²) in [6.07, 6.45) is 2.65. The second-order valence-corrected chi connectivity index (χ2v) is 7.20. The van der Waals surface area contributed by atoms with Gasteiger partial charge in [-0.25, -0.2) is 0 Å². The van der Waals surface area contributed by atoms with E-state index in [2.05, 4.69) is 35.3 Å². The molecule has 0 bridgehead atoms. The summed E-state index contributed by atoms with van der Waals surface area (Å²) in [5, 5.41) is 0.708. The third-order valence-corrected chi connectivity index (χ3v) is 6.28. The number of nitrogens with zero attached hydrogens (tertiary/aromatic N) is 1. The minimum absolute atomic E-state index is 0.309. The summed E-state index contributed by atoms with van der Waals surface area (Å²) in [5.74, 6) is 3.91. The molecule has 4 heteroatoms. The predicted molar refractivity (Wildman–Crippen MR) is 71.8 cm³/mol. The van der Waals surface area contributed by atoms with Crippen LogP contribution in [0.15, 0.2) is 0 Å². The Labute approximate surface area is 102 Å². The molecule has 2 atom stereocenters. The smallest absolute Gasteiger partial charge is 0.0448 e. The van der Waals surface area contributed by atoms with E-state index >= 15 is 0 Å². The van der Waals surface area contributed by atoms with Crippen molar-refractivity contribution in [1.29, 1.82) is 0 Å². The summed E-state index contributed by atoms with van der Waals surface area (Å²) < 4.78 is 0. The molecule has 0 aliphatic carbocycles. The second-order valence-electron chi connectivity index (χ2n) is 4.52. The molecule has 2 fully saturated rings. The van der Waals surface area contributed by atoms with Crippen molar-refractivity contribution in [2.75, 3.05) is 36.9 Å². The van der Waals surface area contributed by atoms with Gasteiger partial charge >= 0.3 is 0 Å². The average molecular weight is 246 g/mol. The van der Waals surface area contributed by atoms with Gasteiger partial charge in [-0.1, -0.05) is 6.92 Å². The lowest BCUT2D eigenvalue weighted by Crippen LogP contribution is -2.62. The standard InChI is InChI=1S/C11H22N2S2/c1-10-11(9-12,3-2-6-15-10)13-4-7-14-8-5-13/h10H,2-9,12H2,1H3. The molecule has 0 aromatic heterocycles. The molecular weight excluding hydrogens is 224 g/mol. The summed E-state index contributed by atoms with van der Waals surface area (Å²) in [5.41, 5.74) is 6.41. The van der Waals surface area contributed by atoms with Crippen LogP contribution in [-0.4, -0.2) is 52.6 Å². The van der Waals surface area contributed by atoms with Crippen molar-refractivity contribution in [2.45, 2.75) is 30.6 Å². The van der Waals surface area contributed by atoms with Crippen molar-refractivity contribution in [1.82, 2.24) is 4.90 Å². The average Bonchev–Trinajstić information content (AvgIpc) is 2.31. The van der Waals surface area contributed by atoms with Gasteiger partial charge in [-0.15, -0.1) is 0 Å². The third-order valence-electron chi connectivity index (χ3n) is 3.87. The van der Waals surface area contributed by atoms with E-state index in [1.807, 2.05) is 0 Å². The van der Waals surface area contributed by atoms with Gasteiger partial charge in [0, 0.05) is 41.9 Å². The Morgan fingerprint density at radius 1 is 1.33 bits per heavy atom. The van der Waals surface area contributed by atoms with E-state index in [0.29, 0.717) is 10.8 Å². The Balaban J connectivity index is 2.10. The van der Waals surface area contributed by atoms with Gasteiger partial charge in [-0.2, -0.15) is 23.5 Å². The molecule has 2 aliphatic rings. The number of nitrogens with two attached hydrogens (primary N) is 1. The van der Waals surface area contributed by atoms with Crippen molar-refractivity contribution >= 4 is 23.5 Å². The van der Waals surface area contributed by atoms with Crippen LogP contribution >= 0.6 is 23.5 Å². The Hall–Kier alpha value is 0.620. The van der Waals surface area contributed by atoms with Gasteiger partial charge in [0.15, 0.2) is 0 Å². The Morgan fingerprint density at radius 3 is 2.67 bits per heavy atom. The molecule has 2 saturated heterocycles. The summed E-state index contributed by atoms with van der Waals surface area (Å²) in [6, 6.07) is 0. The zero-order chi connectivity index (χ0) is 10.7. The minimum Gasteiger partial charge on any atom is -0.329 e. The van der Waals surface area contributed by atoms with Crippen LogP contribution < -0.4 is 5.73 Å². The lowest BCUT2D eigenvalue weighted by molar-refractivity contribution is 0.0933. The fourth-order valence-electron chi connectivity index (χ4n) is 2.82. The van der Waals surface area contributed by atoms with Crippen LogP contribution in [0.5, 0.6) is 0 Å². The van der Waals surface area contributed by atoms with E-state index in [-0.39, 0.29) is 0 Å². The highest BCUT2D eigenvalue weighted by molar-refractivity contribution is 8.00. The Kier molecular flexibility index (Phi) is 4.27. The first-order valence-corrected chi connectivity index (χ1v) is 8.14. The number of rotatable bonds is 2. The van der Waals surface area contributed by atoms with Crippen LogP contribution in [-0.2, 0) is 0 Å². The van der Waals surface area contributed by atoms with Gasteiger partial charge in [0.1, 0.15) is 0 Å². The highest BCUT2D eigenvalue weighted by atomic mass is 32.2. The molecule has 2 N–H and O–H groups in total. The number of hydrogen-bond acceptors (Lipinski definition) is 4. The summed E-state index contributed by atoms with van der Waals surface area (Å²) in [6.45, 7) is 5.70. The Bertz CT molecular complexity index is 207. The maximum atomic E-state index is 6.10. The van der Waals surface area contributed by atoms with Crippen LogP contribution in [0.4, 0.5) is 0 Å². The van der Waals surface area contributed by atoms with E-state index in [9.17, 15) is 0 Å². The summed E-state index contributed by atoms with van der Waals surface area (Å²) in [4.78, 5) is 2.68. The molecule has 0 aromatic rings. The van der Waals surface area contributed by atoms with Gasteiger partial charge in [-0.05, 0) is 18.6 Å². The van der Waals surface area contributed by atoms with E-state index in [4.69, 9.17) is 5.73 Å². The minimum atomic E-state index is 0.309. The zero-order valence-corrected chi connectivity index (χ0v) is 11.2. The van der Waals surface area contributed by atoms with Crippen molar-refractivity contribution < 1.29 is 0 Å². The molecule has 0 aromatic carbocycles. The van der Waals surface area contributed by atoms with E-state index in [1.54, 1.807) is 0 Å². The van der Waals surface area contributed by atoms with Crippen LogP contribution in [0.25, 0.3) is 0 Å². The highest BCUT2D eigenvalue weighted by Gasteiger charge is 2.42. The fraction of sp³-hybridized carbons (Fsp3) is 1.00. The van der Waals surface area contributed by atoms with E-state index in [1.165, 1.54) is 43.2 Å². The fourth-order valence-corrected chi connectivity index (χ4v) is 5.06. The monoisotopic (exact) mass is 246 g/mol. The van der Waals surface area contributed by atoms with Crippen LogP contribution in [0, 0.1) is 0 Å². The predicted octanol–water partition coefficient (Wildman–Crippen LogP) is 1.65. The summed E-state index contributed by atoms with van der Waals surface area (Å²) >= 11 is 4.20. The molecule has 0 saturated carbocycles. The molecule has 15 heavy (non-hydrogen) atoms. The highest BCUT2D eigenvalue weighted by Crippen LogP contribution is 2.38. The van der Waals surface area contributed by atoms with Crippen molar-refractivity contribution in [3.05, 3.63) is 0 Å². The van der Waals surface area contributed by atoms with Gasteiger partial charge in [-0.3, -0.25) is 4.90 Å². The second kappa shape index (κ2) is 5.30. The van der Waals surface area contributed by atoms with Crippen molar-refractivity contribution in [2.24, 2.45) is 5.73 Å². The van der Waals surface area contributed by atoms with Crippen molar-refractivity contribution in [3.63, 3.8) is 0 Å². The quantitative estimate of drug-likeness (QED) is 0.802. The lowest BCUT2D eigenvalue weighted by Gasteiger charge is -2.50. The van der Waals surface area contributed by atoms with Gasteiger partial charge in [0.2, 0.25) is 0 Å². The normalized spacial score (nSPS) is 39.2. The van der Waals surface area contributed by atoms with Crippen molar-refractivity contribution in [3.8, 4) is 0 Å². The first kappa shape index (κ1) is 12.1. The molecule has 2 heterocycles. The number of thioether (sulfide) groups is 2. The number of hydrogen-bond donors (Lipinski definition) is 1. The molecule has 2 aliphatic heterocycles. The molecule has 2 rings (SSSR count). The topological polar surface area (TPSA) is 29.3 Å². The third kappa shape index (κ3) is 2.33. The molecule has 2 nitrogen and oxygen atoms in total. The first-order valence-electron chi connectivity index (χ1n) is 5.94. The first-order chi connectivity index (χ1) is 7.29. The maximum absolute atomic E-state index is 6.10. The summed E-state index contributed by atoms with van der Waals surface area (Å²) in [7, 11) is 0. The van der Waals surface area contributed by atoms with Crippen LogP contribution in [0.1, 0.15) is 19.8 Å². The maximum Gasteiger partial charge on any atom is 0.0448 e. The zero-order valence-electron chi connectivity index (χ0n) is 9.58.